The van der Waals surface area contributed by atoms with Gasteiger partial charge in [-0.15, -0.1) is 0 Å². The lowest BCUT2D eigenvalue weighted by Gasteiger charge is -2.33. The van der Waals surface area contributed by atoms with Crippen LogP contribution in [0, 0.1) is 0 Å². The van der Waals surface area contributed by atoms with E-state index < -0.39 is 11.4 Å². The Kier molecular flexibility index (Phi) is 4.65. The average Bonchev–Trinajstić information content (AvgIpc) is 2.43. The third kappa shape index (κ3) is 2.69. The zero-order valence-electron chi connectivity index (χ0n) is 10.6. The fraction of sp³-hybridized carbons (Fsp3) is 0.462. The number of carbonyl (C=O) groups is 1. The fourth-order valence-corrected chi connectivity index (χ4v) is 3.08. The van der Waals surface area contributed by atoms with Crippen LogP contribution < -0.4 is 4.74 Å². The van der Waals surface area contributed by atoms with Crippen molar-refractivity contribution < 1.29 is 14.6 Å². The van der Waals surface area contributed by atoms with Crippen LogP contribution in [0.5, 0.6) is 11.5 Å². The highest BCUT2D eigenvalue weighted by Crippen LogP contribution is 2.50. The molecule has 0 heterocycles. The molecule has 0 aromatic heterocycles. The minimum absolute atomic E-state index is 0.0174. The zero-order valence-corrected chi connectivity index (χ0v) is 13.6. The molecule has 1 saturated carbocycles. The van der Waals surface area contributed by atoms with Crippen molar-refractivity contribution in [3.8, 4) is 11.5 Å². The summed E-state index contributed by atoms with van der Waals surface area (Å²) < 4.78 is 5.74. The van der Waals surface area contributed by atoms with Crippen LogP contribution in [0.2, 0.25) is 20.1 Å². The smallest absolute Gasteiger partial charge is 0.176 e. The van der Waals surface area contributed by atoms with Gasteiger partial charge in [0.25, 0.3) is 0 Å². The summed E-state index contributed by atoms with van der Waals surface area (Å²) >= 11 is 23.8. The quantitative estimate of drug-likeness (QED) is 0.731. The molecule has 1 unspecified atom stereocenters. The summed E-state index contributed by atoms with van der Waals surface area (Å²) in [7, 11) is 0. The van der Waals surface area contributed by atoms with E-state index in [9.17, 15) is 9.90 Å². The second kappa shape index (κ2) is 5.80. The second-order valence-corrected chi connectivity index (χ2v) is 6.41. The molecule has 0 bridgehead atoms. The van der Waals surface area contributed by atoms with Crippen LogP contribution in [0.3, 0.4) is 0 Å². The van der Waals surface area contributed by atoms with Crippen molar-refractivity contribution in [3.05, 3.63) is 20.1 Å². The van der Waals surface area contributed by atoms with Crippen LogP contribution in [0.1, 0.15) is 32.6 Å². The number of Topliss-reactive ketones (excluding diaryl/α,β-unsaturated/α-hetero) is 1. The minimum atomic E-state index is -1.00. The lowest BCUT2D eigenvalue weighted by Crippen LogP contribution is -2.43. The Morgan fingerprint density at radius 1 is 1.05 bits per heavy atom. The number of aromatic hydroxyl groups is 1. The molecule has 0 amide bonds. The van der Waals surface area contributed by atoms with Crippen LogP contribution in [0.25, 0.3) is 0 Å². The van der Waals surface area contributed by atoms with Crippen LogP contribution in [0.4, 0.5) is 0 Å². The van der Waals surface area contributed by atoms with Gasteiger partial charge < -0.3 is 9.84 Å². The molecule has 3 nitrogen and oxygen atoms in total. The Bertz CT molecular complexity index is 544. The number of benzene rings is 1. The van der Waals surface area contributed by atoms with Gasteiger partial charge in [0.15, 0.2) is 22.9 Å². The average molecular weight is 358 g/mol. The summed E-state index contributed by atoms with van der Waals surface area (Å²) in [6, 6.07) is 0. The SMILES string of the molecule is CC1(Oc2c(Cl)c(Cl)c(O)c(Cl)c2Cl)CCCCC1=O. The first-order valence-corrected chi connectivity index (χ1v) is 7.56. The molecule has 7 heteroatoms. The topological polar surface area (TPSA) is 46.5 Å². The number of rotatable bonds is 2. The molecule has 0 aliphatic heterocycles. The van der Waals surface area contributed by atoms with Crippen LogP contribution in [0.15, 0.2) is 0 Å². The molecular formula is C13H12Cl4O3. The van der Waals surface area contributed by atoms with Gasteiger partial charge in [0.2, 0.25) is 0 Å². The van der Waals surface area contributed by atoms with Crippen LogP contribution in [-0.4, -0.2) is 16.5 Å². The van der Waals surface area contributed by atoms with Crippen molar-refractivity contribution in [2.75, 3.05) is 0 Å². The summed E-state index contributed by atoms with van der Waals surface area (Å²) in [4.78, 5) is 12.1. The lowest BCUT2D eigenvalue weighted by atomic mass is 9.85. The highest BCUT2D eigenvalue weighted by Gasteiger charge is 2.39. The first-order valence-electron chi connectivity index (χ1n) is 6.05. The molecule has 0 spiro atoms. The van der Waals surface area contributed by atoms with E-state index in [0.717, 1.165) is 12.8 Å². The van der Waals surface area contributed by atoms with E-state index in [4.69, 9.17) is 51.1 Å². The third-order valence-corrected chi connectivity index (χ3v) is 5.08. The number of carbonyl (C=O) groups excluding carboxylic acids is 1. The molecule has 1 atom stereocenters. The first kappa shape index (κ1) is 16.0. The molecule has 1 aliphatic rings. The monoisotopic (exact) mass is 356 g/mol. The normalized spacial score (nSPS) is 22.9. The summed E-state index contributed by atoms with van der Waals surface area (Å²) in [5.74, 6) is -0.397. The van der Waals surface area contributed by atoms with Crippen LogP contribution in [-0.2, 0) is 4.79 Å². The van der Waals surface area contributed by atoms with Gasteiger partial charge in [-0.25, -0.2) is 0 Å². The van der Waals surface area contributed by atoms with Gasteiger partial charge in [0.05, 0.1) is 0 Å². The van der Waals surface area contributed by atoms with Gasteiger partial charge in [-0.2, -0.15) is 0 Å². The maximum Gasteiger partial charge on any atom is 0.176 e. The Hall–Kier alpha value is -0.350. The van der Waals surface area contributed by atoms with Gasteiger partial charge in [0.1, 0.15) is 20.1 Å². The van der Waals surface area contributed by atoms with E-state index >= 15 is 0 Å². The van der Waals surface area contributed by atoms with Gasteiger partial charge in [-0.3, -0.25) is 4.79 Å². The maximum absolute atomic E-state index is 12.1. The highest BCUT2D eigenvalue weighted by molar-refractivity contribution is 6.50. The summed E-state index contributed by atoms with van der Waals surface area (Å²) in [6.45, 7) is 1.69. The molecule has 0 saturated heterocycles. The predicted octanol–water partition coefficient (Wildman–Crippen LogP) is 5.29. The van der Waals surface area contributed by atoms with E-state index in [1.807, 2.05) is 0 Å². The van der Waals surface area contributed by atoms with Crippen molar-refractivity contribution in [2.45, 2.75) is 38.2 Å². The molecule has 1 aromatic carbocycles. The Morgan fingerprint density at radius 2 is 1.60 bits per heavy atom. The Balaban J connectivity index is 2.46. The van der Waals surface area contributed by atoms with Crippen molar-refractivity contribution in [3.63, 3.8) is 0 Å². The van der Waals surface area contributed by atoms with E-state index in [1.165, 1.54) is 0 Å². The Morgan fingerprint density at radius 3 is 2.10 bits per heavy atom. The molecule has 1 N–H and O–H groups in total. The predicted molar refractivity (Wildman–Crippen MR) is 80.7 cm³/mol. The number of halogens is 4. The number of phenols is 1. The third-order valence-electron chi connectivity index (χ3n) is 3.42. The van der Waals surface area contributed by atoms with E-state index in [-0.39, 0.29) is 31.6 Å². The van der Waals surface area contributed by atoms with Crippen molar-refractivity contribution in [1.82, 2.24) is 0 Å². The molecule has 110 valence electrons. The van der Waals surface area contributed by atoms with E-state index in [1.54, 1.807) is 6.92 Å². The number of ketones is 1. The summed E-state index contributed by atoms with van der Waals surface area (Å²) in [5, 5.41) is 9.24. The molecule has 1 fully saturated rings. The summed E-state index contributed by atoms with van der Waals surface area (Å²) in [6.07, 6.45) is 2.73. The largest absolute Gasteiger partial charge is 0.505 e. The van der Waals surface area contributed by atoms with Gasteiger partial charge in [0, 0.05) is 6.42 Å². The van der Waals surface area contributed by atoms with Crippen molar-refractivity contribution in [1.29, 1.82) is 0 Å². The zero-order chi connectivity index (χ0) is 15.1. The van der Waals surface area contributed by atoms with Gasteiger partial charge in [-0.1, -0.05) is 46.4 Å². The number of phenolic OH excluding ortho intramolecular Hbond substituents is 1. The van der Waals surface area contributed by atoms with Gasteiger partial charge in [-0.05, 0) is 26.2 Å². The number of ether oxygens (including phenoxy) is 1. The molecule has 1 aliphatic carbocycles. The standard InChI is InChI=1S/C13H12Cl4O3/c1-13(5-3-2-4-6(13)18)20-12-9(16)7(14)11(19)8(15)10(12)17/h19H,2-5H2,1H3. The Labute approximate surface area is 136 Å². The first-order chi connectivity index (χ1) is 9.28. The highest BCUT2D eigenvalue weighted by atomic mass is 35.5. The van der Waals surface area contributed by atoms with Crippen molar-refractivity contribution >= 4 is 52.2 Å². The molecule has 20 heavy (non-hydrogen) atoms. The lowest BCUT2D eigenvalue weighted by molar-refractivity contribution is -0.136. The fourth-order valence-electron chi connectivity index (χ4n) is 2.17. The number of hydrogen-bond donors (Lipinski definition) is 1. The molecule has 1 aromatic rings. The summed E-state index contributed by atoms with van der Waals surface area (Å²) in [5.41, 5.74) is -1.00. The molecular weight excluding hydrogens is 346 g/mol. The van der Waals surface area contributed by atoms with E-state index in [2.05, 4.69) is 0 Å². The van der Waals surface area contributed by atoms with E-state index in [0.29, 0.717) is 12.8 Å². The van der Waals surface area contributed by atoms with Crippen LogP contribution >= 0.6 is 46.4 Å². The minimum Gasteiger partial charge on any atom is -0.505 e. The van der Waals surface area contributed by atoms with Crippen molar-refractivity contribution in [2.24, 2.45) is 0 Å². The van der Waals surface area contributed by atoms with Gasteiger partial charge >= 0.3 is 0 Å². The molecule has 0 radical (unpaired) electrons. The second-order valence-electron chi connectivity index (χ2n) is 4.90. The maximum atomic E-state index is 12.1. The number of hydrogen-bond acceptors (Lipinski definition) is 3. The molecule has 2 rings (SSSR count).